The zero-order chi connectivity index (χ0) is 14.0. The molecule has 0 spiro atoms. The van der Waals surface area contributed by atoms with Crippen molar-refractivity contribution < 1.29 is 8.42 Å². The van der Waals surface area contributed by atoms with Gasteiger partial charge in [-0.3, -0.25) is 4.98 Å². The summed E-state index contributed by atoms with van der Waals surface area (Å²) >= 11 is 13.0. The van der Waals surface area contributed by atoms with Crippen molar-refractivity contribution in [3.63, 3.8) is 0 Å². The molecule has 0 aliphatic carbocycles. The number of hydrogen-bond acceptors (Lipinski definition) is 5. The molecule has 5 nitrogen and oxygen atoms in total. The molecule has 1 aromatic carbocycles. The molecule has 1 aromatic heterocycles. The lowest BCUT2D eigenvalue weighted by Gasteiger charge is -2.10. The van der Waals surface area contributed by atoms with E-state index in [0.717, 1.165) is 4.88 Å². The topological polar surface area (TPSA) is 85.1 Å². The Morgan fingerprint density at radius 2 is 2.11 bits per heavy atom. The SMILES string of the molecule is Nc1cc(Cl)cc(Cl)c1S(=O)(=O)NCc1cncs1. The molecule has 3 N–H and O–H groups in total. The van der Waals surface area contributed by atoms with E-state index in [9.17, 15) is 8.42 Å². The third-order valence-electron chi connectivity index (χ3n) is 2.23. The predicted octanol–water partition coefficient (Wildman–Crippen LogP) is 2.51. The smallest absolute Gasteiger partial charge is 0.244 e. The second-order valence-electron chi connectivity index (χ2n) is 3.60. The van der Waals surface area contributed by atoms with Crippen molar-refractivity contribution in [1.29, 1.82) is 0 Å². The number of halogens is 2. The van der Waals surface area contributed by atoms with Gasteiger partial charge in [-0.2, -0.15) is 0 Å². The maximum atomic E-state index is 12.1. The number of hydrogen-bond donors (Lipinski definition) is 2. The lowest BCUT2D eigenvalue weighted by Crippen LogP contribution is -2.24. The summed E-state index contributed by atoms with van der Waals surface area (Å²) in [5, 5.41) is 0.269. The summed E-state index contributed by atoms with van der Waals surface area (Å²) in [6.45, 7) is 0.130. The van der Waals surface area contributed by atoms with Gasteiger partial charge < -0.3 is 5.73 Å². The van der Waals surface area contributed by atoms with Crippen molar-refractivity contribution in [2.45, 2.75) is 11.4 Å². The fourth-order valence-electron chi connectivity index (χ4n) is 1.43. The number of nitrogens with zero attached hydrogens (tertiary/aromatic N) is 1. The second kappa shape index (κ2) is 5.64. The van der Waals surface area contributed by atoms with Gasteiger partial charge in [-0.1, -0.05) is 23.2 Å². The Balaban J connectivity index is 2.29. The summed E-state index contributed by atoms with van der Waals surface area (Å²) in [6.07, 6.45) is 1.58. The van der Waals surface area contributed by atoms with Crippen LogP contribution in [0.25, 0.3) is 0 Å². The molecule has 0 saturated carbocycles. The first-order chi connectivity index (χ1) is 8.90. The zero-order valence-corrected chi connectivity index (χ0v) is 12.6. The first-order valence-corrected chi connectivity index (χ1v) is 8.13. The van der Waals surface area contributed by atoms with Crippen molar-refractivity contribution in [3.05, 3.63) is 38.8 Å². The van der Waals surface area contributed by atoms with Gasteiger partial charge in [0.25, 0.3) is 0 Å². The third-order valence-corrected chi connectivity index (χ3v) is 5.15. The predicted molar refractivity (Wildman–Crippen MR) is 77.0 cm³/mol. The molecule has 0 bridgehead atoms. The van der Waals surface area contributed by atoms with Crippen LogP contribution in [-0.2, 0) is 16.6 Å². The Morgan fingerprint density at radius 1 is 1.37 bits per heavy atom. The highest BCUT2D eigenvalue weighted by molar-refractivity contribution is 7.89. The van der Waals surface area contributed by atoms with Crippen LogP contribution in [0.15, 0.2) is 28.7 Å². The first kappa shape index (κ1) is 14.5. The summed E-state index contributed by atoms with van der Waals surface area (Å²) in [4.78, 5) is 4.48. The van der Waals surface area contributed by atoms with Crippen molar-refractivity contribution in [2.75, 3.05) is 5.73 Å². The van der Waals surface area contributed by atoms with E-state index in [1.807, 2.05) is 0 Å². The number of aromatic nitrogens is 1. The fourth-order valence-corrected chi connectivity index (χ4v) is 4.05. The molecule has 1 heterocycles. The van der Waals surface area contributed by atoms with Crippen LogP contribution in [-0.4, -0.2) is 13.4 Å². The Morgan fingerprint density at radius 3 is 2.68 bits per heavy atom. The minimum absolute atomic E-state index is 0.00862. The highest BCUT2D eigenvalue weighted by Crippen LogP contribution is 2.31. The van der Waals surface area contributed by atoms with E-state index in [1.165, 1.54) is 23.5 Å². The Bertz CT molecular complexity index is 664. The summed E-state index contributed by atoms with van der Waals surface area (Å²) in [5.74, 6) is 0. The summed E-state index contributed by atoms with van der Waals surface area (Å²) in [6, 6.07) is 2.68. The molecule has 0 aliphatic rings. The van der Waals surface area contributed by atoms with E-state index in [1.54, 1.807) is 11.7 Å². The van der Waals surface area contributed by atoms with Gasteiger partial charge in [-0.25, -0.2) is 13.1 Å². The standard InChI is InChI=1S/C10H9Cl2N3O2S2/c11-6-1-8(12)10(9(13)2-6)19(16,17)15-4-7-3-14-5-18-7/h1-3,5,15H,4,13H2. The molecule has 0 unspecified atom stereocenters. The minimum atomic E-state index is -3.80. The maximum absolute atomic E-state index is 12.1. The maximum Gasteiger partial charge on any atom is 0.244 e. The Hall–Kier alpha value is -0.860. The van der Waals surface area contributed by atoms with Crippen LogP contribution >= 0.6 is 34.5 Å². The third kappa shape index (κ3) is 3.37. The van der Waals surface area contributed by atoms with Crippen molar-refractivity contribution in [3.8, 4) is 0 Å². The molecular formula is C10H9Cl2N3O2S2. The van der Waals surface area contributed by atoms with E-state index >= 15 is 0 Å². The van der Waals surface area contributed by atoms with Gasteiger partial charge in [0.05, 0.1) is 16.2 Å². The van der Waals surface area contributed by atoms with Gasteiger partial charge in [0.2, 0.25) is 10.0 Å². The number of nitrogens with one attached hydrogen (secondary N) is 1. The Kier molecular flexibility index (Phi) is 4.32. The molecule has 0 fully saturated rings. The van der Waals surface area contributed by atoms with Gasteiger partial charge in [-0.15, -0.1) is 11.3 Å². The molecule has 0 amide bonds. The Labute approximate surface area is 124 Å². The summed E-state index contributed by atoms with van der Waals surface area (Å²) in [7, 11) is -3.80. The monoisotopic (exact) mass is 337 g/mol. The average Bonchev–Trinajstić information content (AvgIpc) is 2.77. The lowest BCUT2D eigenvalue weighted by molar-refractivity contribution is 0.582. The van der Waals surface area contributed by atoms with Crippen LogP contribution in [0, 0.1) is 0 Å². The molecular weight excluding hydrogens is 329 g/mol. The van der Waals surface area contributed by atoms with E-state index in [-0.39, 0.29) is 27.2 Å². The van der Waals surface area contributed by atoms with Crippen LogP contribution in [0.4, 0.5) is 5.69 Å². The largest absolute Gasteiger partial charge is 0.398 e. The molecule has 0 saturated heterocycles. The normalized spacial score (nSPS) is 11.7. The van der Waals surface area contributed by atoms with E-state index in [4.69, 9.17) is 28.9 Å². The van der Waals surface area contributed by atoms with Crippen LogP contribution in [0.2, 0.25) is 10.0 Å². The number of benzene rings is 1. The van der Waals surface area contributed by atoms with E-state index < -0.39 is 10.0 Å². The van der Waals surface area contributed by atoms with Gasteiger partial charge in [0.15, 0.2) is 0 Å². The van der Waals surface area contributed by atoms with Gasteiger partial charge >= 0.3 is 0 Å². The van der Waals surface area contributed by atoms with Gasteiger partial charge in [0, 0.05) is 22.6 Å². The van der Waals surface area contributed by atoms with E-state index in [0.29, 0.717) is 0 Å². The van der Waals surface area contributed by atoms with Crippen molar-refractivity contribution in [1.82, 2.24) is 9.71 Å². The molecule has 0 radical (unpaired) electrons. The molecule has 2 rings (SSSR count). The highest BCUT2D eigenvalue weighted by atomic mass is 35.5. The quantitative estimate of drug-likeness (QED) is 0.839. The highest BCUT2D eigenvalue weighted by Gasteiger charge is 2.21. The van der Waals surface area contributed by atoms with Crippen LogP contribution < -0.4 is 10.5 Å². The molecule has 2 aromatic rings. The molecule has 0 atom stereocenters. The number of anilines is 1. The fraction of sp³-hybridized carbons (Fsp3) is 0.100. The van der Waals surface area contributed by atoms with Crippen molar-refractivity contribution >= 4 is 50.2 Å². The minimum Gasteiger partial charge on any atom is -0.398 e. The number of nitrogen functional groups attached to an aromatic ring is 1. The molecule has 102 valence electrons. The lowest BCUT2D eigenvalue weighted by atomic mass is 10.3. The van der Waals surface area contributed by atoms with Crippen LogP contribution in [0.1, 0.15) is 4.88 Å². The zero-order valence-electron chi connectivity index (χ0n) is 9.43. The summed E-state index contributed by atoms with van der Waals surface area (Å²) in [5.41, 5.74) is 7.29. The van der Waals surface area contributed by atoms with Crippen molar-refractivity contribution in [2.24, 2.45) is 0 Å². The number of nitrogens with two attached hydrogens (primary N) is 1. The average molecular weight is 338 g/mol. The summed E-state index contributed by atoms with van der Waals surface area (Å²) < 4.78 is 26.7. The van der Waals surface area contributed by atoms with Gasteiger partial charge in [0.1, 0.15) is 4.90 Å². The molecule has 19 heavy (non-hydrogen) atoms. The number of thiazole rings is 1. The van der Waals surface area contributed by atoms with Crippen LogP contribution in [0.5, 0.6) is 0 Å². The number of rotatable bonds is 4. The van der Waals surface area contributed by atoms with Gasteiger partial charge in [-0.05, 0) is 12.1 Å². The second-order valence-corrected chi connectivity index (χ2v) is 7.12. The number of sulfonamides is 1. The van der Waals surface area contributed by atoms with E-state index in [2.05, 4.69) is 9.71 Å². The molecule has 9 heteroatoms. The van der Waals surface area contributed by atoms with Crippen LogP contribution in [0.3, 0.4) is 0 Å². The molecule has 0 aliphatic heterocycles. The first-order valence-electron chi connectivity index (χ1n) is 5.01.